The Kier molecular flexibility index (Phi) is 4.21. The van der Waals surface area contributed by atoms with E-state index in [2.05, 4.69) is 40.2 Å². The lowest BCUT2D eigenvalue weighted by Gasteiger charge is -2.10. The average Bonchev–Trinajstić information content (AvgIpc) is 2.67. The van der Waals surface area contributed by atoms with Gasteiger partial charge >= 0.3 is 0 Å². The molecule has 0 saturated heterocycles. The number of fused-ring (bicyclic) bond motifs is 1. The minimum absolute atomic E-state index is 0.428. The van der Waals surface area contributed by atoms with Crippen LogP contribution in [0.15, 0.2) is 24.3 Å². The molecule has 1 aromatic rings. The molecular weight excluding hydrogens is 252 g/mol. The molecule has 0 amide bonds. The molecule has 1 nitrogen and oxygen atoms in total. The molecule has 0 bridgehead atoms. The van der Waals surface area contributed by atoms with Crippen LogP contribution in [0.1, 0.15) is 24.0 Å². The Hall–Kier alpha value is -0.340. The number of alkyl halides is 1. The van der Waals surface area contributed by atoms with Gasteiger partial charge in [-0.1, -0.05) is 40.2 Å². The lowest BCUT2D eigenvalue weighted by atomic mass is 10.1. The van der Waals surface area contributed by atoms with Crippen LogP contribution in [-0.4, -0.2) is 18.0 Å². The van der Waals surface area contributed by atoms with E-state index in [9.17, 15) is 0 Å². The molecule has 2 heteroatoms. The van der Waals surface area contributed by atoms with Gasteiger partial charge in [0.25, 0.3) is 0 Å². The Morgan fingerprint density at radius 1 is 1.13 bits per heavy atom. The molecule has 1 aromatic carbocycles. The van der Waals surface area contributed by atoms with Crippen molar-refractivity contribution in [3.8, 4) is 0 Å². The Bertz CT molecular complexity index is 286. The summed E-state index contributed by atoms with van der Waals surface area (Å²) in [6.07, 6.45) is 5.00. The molecule has 1 aliphatic carbocycles. The first-order valence-corrected chi connectivity index (χ1v) is 6.76. The van der Waals surface area contributed by atoms with Gasteiger partial charge in [-0.2, -0.15) is 0 Å². The smallest absolute Gasteiger partial charge is 0.0655 e. The van der Waals surface area contributed by atoms with Crippen LogP contribution in [0.2, 0.25) is 0 Å². The molecule has 0 atom stereocenters. The van der Waals surface area contributed by atoms with E-state index in [-0.39, 0.29) is 0 Å². The van der Waals surface area contributed by atoms with Gasteiger partial charge < -0.3 is 4.74 Å². The fourth-order valence-electron chi connectivity index (χ4n) is 2.08. The summed E-state index contributed by atoms with van der Waals surface area (Å²) in [5.41, 5.74) is 2.95. The van der Waals surface area contributed by atoms with Crippen LogP contribution in [0, 0.1) is 0 Å². The minimum atomic E-state index is 0.428. The predicted octanol–water partition coefficient (Wildman–Crippen LogP) is 3.35. The van der Waals surface area contributed by atoms with Crippen LogP contribution < -0.4 is 0 Å². The van der Waals surface area contributed by atoms with Crippen molar-refractivity contribution in [3.05, 3.63) is 35.4 Å². The minimum Gasteiger partial charge on any atom is -0.378 e. The van der Waals surface area contributed by atoms with Gasteiger partial charge in [0, 0.05) is 11.9 Å². The Balaban J connectivity index is 1.76. The van der Waals surface area contributed by atoms with Crippen molar-refractivity contribution >= 4 is 15.9 Å². The molecule has 0 radical (unpaired) electrons. The van der Waals surface area contributed by atoms with Crippen LogP contribution in [0.3, 0.4) is 0 Å². The molecule has 15 heavy (non-hydrogen) atoms. The van der Waals surface area contributed by atoms with Gasteiger partial charge in [-0.3, -0.25) is 0 Å². The fraction of sp³-hybridized carbons (Fsp3) is 0.538. The van der Waals surface area contributed by atoms with E-state index in [4.69, 9.17) is 4.74 Å². The summed E-state index contributed by atoms with van der Waals surface area (Å²) in [6.45, 7) is 0.907. The highest BCUT2D eigenvalue weighted by Crippen LogP contribution is 2.23. The Morgan fingerprint density at radius 3 is 2.40 bits per heavy atom. The summed E-state index contributed by atoms with van der Waals surface area (Å²) in [5, 5.41) is 1.08. The number of hydrogen-bond acceptors (Lipinski definition) is 1. The standard InChI is InChI=1S/C13H17BrO/c14-7-3-4-8-15-13-9-11-5-1-2-6-12(11)10-13/h1-2,5-6,13H,3-4,7-10H2. The van der Waals surface area contributed by atoms with Gasteiger partial charge in [-0.15, -0.1) is 0 Å². The zero-order valence-corrected chi connectivity index (χ0v) is 10.5. The van der Waals surface area contributed by atoms with Gasteiger partial charge in [0.1, 0.15) is 0 Å². The first kappa shape index (κ1) is 11.2. The molecule has 0 N–H and O–H groups in total. The third-order valence-corrected chi connectivity index (χ3v) is 3.46. The Morgan fingerprint density at radius 2 is 1.80 bits per heavy atom. The van der Waals surface area contributed by atoms with Gasteiger partial charge in [0.15, 0.2) is 0 Å². The number of rotatable bonds is 5. The van der Waals surface area contributed by atoms with Gasteiger partial charge in [-0.05, 0) is 36.8 Å². The molecule has 2 rings (SSSR count). The van der Waals surface area contributed by atoms with Gasteiger partial charge in [0.05, 0.1) is 6.10 Å². The predicted molar refractivity (Wildman–Crippen MR) is 66.6 cm³/mol. The summed E-state index contributed by atoms with van der Waals surface area (Å²) in [7, 11) is 0. The maximum Gasteiger partial charge on any atom is 0.0655 e. The first-order chi connectivity index (χ1) is 7.40. The van der Waals surface area contributed by atoms with Gasteiger partial charge in [-0.25, -0.2) is 0 Å². The number of unbranched alkanes of at least 4 members (excludes halogenated alkanes) is 1. The van der Waals surface area contributed by atoms with Crippen molar-refractivity contribution in [2.75, 3.05) is 11.9 Å². The second-order valence-electron chi connectivity index (χ2n) is 4.07. The molecule has 0 fully saturated rings. The molecule has 0 aromatic heterocycles. The maximum atomic E-state index is 5.87. The van der Waals surface area contributed by atoms with E-state index in [1.807, 2.05) is 0 Å². The summed E-state index contributed by atoms with van der Waals surface area (Å²) < 4.78 is 5.87. The second-order valence-corrected chi connectivity index (χ2v) is 4.86. The molecule has 0 spiro atoms. The summed E-state index contributed by atoms with van der Waals surface area (Å²) in [6, 6.07) is 8.67. The Labute approximate surface area is 100.0 Å². The number of benzene rings is 1. The lowest BCUT2D eigenvalue weighted by molar-refractivity contribution is 0.0589. The van der Waals surface area contributed by atoms with Crippen molar-refractivity contribution in [1.82, 2.24) is 0 Å². The molecule has 0 heterocycles. The topological polar surface area (TPSA) is 9.23 Å². The molecule has 0 unspecified atom stereocenters. The zero-order valence-electron chi connectivity index (χ0n) is 8.92. The van der Waals surface area contributed by atoms with E-state index in [0.717, 1.165) is 31.2 Å². The van der Waals surface area contributed by atoms with Crippen LogP contribution in [-0.2, 0) is 17.6 Å². The van der Waals surface area contributed by atoms with Crippen molar-refractivity contribution in [3.63, 3.8) is 0 Å². The third-order valence-electron chi connectivity index (χ3n) is 2.90. The van der Waals surface area contributed by atoms with Crippen molar-refractivity contribution < 1.29 is 4.74 Å². The van der Waals surface area contributed by atoms with Crippen LogP contribution >= 0.6 is 15.9 Å². The van der Waals surface area contributed by atoms with Gasteiger partial charge in [0.2, 0.25) is 0 Å². The number of halogens is 1. The monoisotopic (exact) mass is 268 g/mol. The largest absolute Gasteiger partial charge is 0.378 e. The molecule has 82 valence electrons. The molecule has 1 aliphatic rings. The van der Waals surface area contributed by atoms with Crippen molar-refractivity contribution in [2.24, 2.45) is 0 Å². The third kappa shape index (κ3) is 3.05. The average molecular weight is 269 g/mol. The van der Waals surface area contributed by atoms with Crippen LogP contribution in [0.25, 0.3) is 0 Å². The first-order valence-electron chi connectivity index (χ1n) is 5.64. The highest BCUT2D eigenvalue weighted by molar-refractivity contribution is 9.09. The molecular formula is C13H17BrO. The van der Waals surface area contributed by atoms with Crippen LogP contribution in [0.4, 0.5) is 0 Å². The lowest BCUT2D eigenvalue weighted by Crippen LogP contribution is -2.13. The van der Waals surface area contributed by atoms with E-state index < -0.39 is 0 Å². The second kappa shape index (κ2) is 5.66. The van der Waals surface area contributed by atoms with E-state index in [0.29, 0.717) is 6.10 Å². The van der Waals surface area contributed by atoms with Crippen molar-refractivity contribution in [1.29, 1.82) is 0 Å². The normalized spacial score (nSPS) is 15.5. The number of ether oxygens (including phenoxy) is 1. The SMILES string of the molecule is BrCCCCOC1Cc2ccccc2C1. The maximum absolute atomic E-state index is 5.87. The highest BCUT2D eigenvalue weighted by atomic mass is 79.9. The van der Waals surface area contributed by atoms with Crippen molar-refractivity contribution in [2.45, 2.75) is 31.8 Å². The van der Waals surface area contributed by atoms with E-state index in [1.54, 1.807) is 0 Å². The zero-order chi connectivity index (χ0) is 10.5. The summed E-state index contributed by atoms with van der Waals surface area (Å²) in [5.74, 6) is 0. The summed E-state index contributed by atoms with van der Waals surface area (Å²) in [4.78, 5) is 0. The van der Waals surface area contributed by atoms with E-state index >= 15 is 0 Å². The highest BCUT2D eigenvalue weighted by Gasteiger charge is 2.20. The summed E-state index contributed by atoms with van der Waals surface area (Å²) >= 11 is 3.43. The fourth-order valence-corrected chi connectivity index (χ4v) is 2.48. The molecule has 0 aliphatic heterocycles. The molecule has 0 saturated carbocycles. The quantitative estimate of drug-likeness (QED) is 0.588. The number of hydrogen-bond donors (Lipinski definition) is 0. The van der Waals surface area contributed by atoms with E-state index in [1.165, 1.54) is 17.5 Å². The van der Waals surface area contributed by atoms with Crippen LogP contribution in [0.5, 0.6) is 0 Å².